The zero-order valence-electron chi connectivity index (χ0n) is 40.8. The normalized spacial score (nSPS) is 16.3. The number of aromatic nitrogens is 4. The summed E-state index contributed by atoms with van der Waals surface area (Å²) in [6.45, 7) is 8.76. The van der Waals surface area contributed by atoms with Crippen LogP contribution in [0.25, 0.3) is 43.2 Å². The summed E-state index contributed by atoms with van der Waals surface area (Å²) >= 11 is 8.61. The monoisotopic (exact) mass is 1030 g/mol. The first kappa shape index (κ1) is 51.4. The number of hydrogen-bond donors (Lipinski definition) is 1. The lowest BCUT2D eigenvalue weighted by Crippen LogP contribution is -2.49. The van der Waals surface area contributed by atoms with Crippen LogP contribution < -0.4 is 23.7 Å². The first-order valence-corrected chi connectivity index (χ1v) is 25.2. The molecule has 4 aromatic carbocycles. The van der Waals surface area contributed by atoms with Crippen molar-refractivity contribution in [2.75, 3.05) is 93.1 Å². The maximum atomic E-state index is 14.3. The van der Waals surface area contributed by atoms with Gasteiger partial charge in [-0.2, -0.15) is 0 Å². The van der Waals surface area contributed by atoms with Crippen molar-refractivity contribution >= 4 is 39.1 Å². The molecule has 73 heavy (non-hydrogen) atoms. The standard InChI is InChI=1S/C54H56ClFN6O10S/c1-34-41-13-15-45(49(34)55)71-40(30-62-20-18-61(2)19-21-62)32-69-39-12-14-43(70-31-38-16-17-57-51(60-38)42-6-4-5-7-44(42)68-27-26-67-25-24-66-23-22-65-3)36(28-39)29-46(54(63)64)72-52-48-47(41)50(73-53(48)59-33-58-52)35-8-10-37(56)11-9-35/h4-17,28,33,40,46H,18-27,29-32H2,1-3H3,(H,63,64). The molecule has 3 aromatic heterocycles. The molecule has 1 N–H and O–H groups in total. The Morgan fingerprint density at radius 1 is 0.863 bits per heavy atom. The summed E-state index contributed by atoms with van der Waals surface area (Å²) in [7, 11) is 3.74. The molecule has 0 aliphatic carbocycles. The zero-order valence-corrected chi connectivity index (χ0v) is 42.3. The highest BCUT2D eigenvalue weighted by atomic mass is 35.5. The van der Waals surface area contributed by atoms with Gasteiger partial charge in [0.2, 0.25) is 12.0 Å². The Labute approximate surface area is 431 Å². The summed E-state index contributed by atoms with van der Waals surface area (Å²) < 4.78 is 62.8. The molecule has 3 aliphatic heterocycles. The number of carbonyl (C=O) groups is 1. The van der Waals surface area contributed by atoms with Crippen LogP contribution in [0, 0.1) is 12.7 Å². The van der Waals surface area contributed by atoms with E-state index in [1.165, 1.54) is 29.8 Å². The van der Waals surface area contributed by atoms with Gasteiger partial charge in [-0.1, -0.05) is 41.9 Å². The Kier molecular flexibility index (Phi) is 17.2. The Balaban J connectivity index is 1.03. The highest BCUT2D eigenvalue weighted by Gasteiger charge is 2.30. The summed E-state index contributed by atoms with van der Waals surface area (Å²) in [6.07, 6.45) is 0.922. The fourth-order valence-corrected chi connectivity index (χ4v) is 9.92. The molecular formula is C54H56ClFN6O10S. The van der Waals surface area contributed by atoms with Crippen LogP contribution in [0.15, 0.2) is 97.5 Å². The van der Waals surface area contributed by atoms with E-state index in [1.54, 1.807) is 49.7 Å². The van der Waals surface area contributed by atoms with Crippen molar-refractivity contribution in [3.8, 4) is 61.8 Å². The summed E-state index contributed by atoms with van der Waals surface area (Å²) in [5.74, 6) is 0.789. The number of para-hydroxylation sites is 1. The molecule has 0 spiro atoms. The molecule has 0 radical (unpaired) electrons. The highest BCUT2D eigenvalue weighted by molar-refractivity contribution is 7.22. The summed E-state index contributed by atoms with van der Waals surface area (Å²) in [6, 6.07) is 24.5. The van der Waals surface area contributed by atoms with E-state index in [9.17, 15) is 14.3 Å². The summed E-state index contributed by atoms with van der Waals surface area (Å²) in [5.41, 5.74) is 4.55. The first-order valence-electron chi connectivity index (χ1n) is 24.0. The molecule has 1 fully saturated rings. The predicted molar refractivity (Wildman–Crippen MR) is 275 cm³/mol. The van der Waals surface area contributed by atoms with E-state index in [-0.39, 0.29) is 31.3 Å². The predicted octanol–water partition coefficient (Wildman–Crippen LogP) is 8.68. The van der Waals surface area contributed by atoms with Crippen LogP contribution in [0.2, 0.25) is 5.02 Å². The molecule has 0 amide bonds. The Morgan fingerprint density at radius 3 is 2.44 bits per heavy atom. The van der Waals surface area contributed by atoms with Gasteiger partial charge >= 0.3 is 5.97 Å². The van der Waals surface area contributed by atoms with Crippen molar-refractivity contribution < 1.29 is 52.2 Å². The van der Waals surface area contributed by atoms with Crippen LogP contribution in [0.5, 0.6) is 28.9 Å². The molecule has 382 valence electrons. The maximum absolute atomic E-state index is 14.3. The lowest BCUT2D eigenvalue weighted by Gasteiger charge is -2.34. The lowest BCUT2D eigenvalue weighted by molar-refractivity contribution is -0.145. The minimum atomic E-state index is -1.46. The number of thiophene rings is 1. The number of carboxylic acids is 1. The minimum absolute atomic E-state index is 0.0138. The van der Waals surface area contributed by atoms with Gasteiger partial charge in [0.15, 0.2) is 5.82 Å². The number of piperazine rings is 1. The minimum Gasteiger partial charge on any atom is -0.490 e. The van der Waals surface area contributed by atoms with Crippen LogP contribution in [-0.4, -0.2) is 146 Å². The quantitative estimate of drug-likeness (QED) is 0.0810. The van der Waals surface area contributed by atoms with E-state index in [0.717, 1.165) is 42.2 Å². The van der Waals surface area contributed by atoms with Crippen LogP contribution in [0.1, 0.15) is 16.8 Å². The average molecular weight is 1040 g/mol. The van der Waals surface area contributed by atoms with Crippen LogP contribution in [0.3, 0.4) is 0 Å². The first-order chi connectivity index (χ1) is 35.6. The fourth-order valence-electron chi connectivity index (χ4n) is 8.56. The molecular weight excluding hydrogens is 979 g/mol. The molecule has 1 saturated heterocycles. The number of fused-ring (bicyclic) bond motifs is 7. The number of benzene rings is 4. The number of methoxy groups -OCH3 is 1. The van der Waals surface area contributed by atoms with Gasteiger partial charge in [-0.3, -0.25) is 4.90 Å². The second-order valence-corrected chi connectivity index (χ2v) is 18.9. The van der Waals surface area contributed by atoms with Crippen molar-refractivity contribution in [3.05, 3.63) is 125 Å². The zero-order chi connectivity index (χ0) is 50.7. The van der Waals surface area contributed by atoms with E-state index in [1.807, 2.05) is 43.3 Å². The van der Waals surface area contributed by atoms with Crippen LogP contribution in [0.4, 0.5) is 4.39 Å². The topological polar surface area (TPSA) is 169 Å². The van der Waals surface area contributed by atoms with E-state index >= 15 is 0 Å². The smallest absolute Gasteiger partial charge is 0.345 e. The number of aliphatic carboxylic acids is 1. The second-order valence-electron chi connectivity index (χ2n) is 17.5. The molecule has 0 saturated carbocycles. The number of carboxylic acid groups (broad SMARTS) is 1. The van der Waals surface area contributed by atoms with Crippen molar-refractivity contribution in [1.29, 1.82) is 0 Å². The number of likely N-dealkylation sites (N-methyl/N-ethyl adjacent to an activating group) is 1. The Hall–Kier alpha value is -6.51. The molecule has 10 rings (SSSR count). The van der Waals surface area contributed by atoms with Gasteiger partial charge in [0.1, 0.15) is 65.9 Å². The SMILES string of the molecule is COCCOCCOCCOc1ccccc1-c1nccc(COc2ccc3cc2CC(C(=O)O)Oc2ncnc4sc(-c5ccc(F)cc5)c(c24)-c2ccc(c(Cl)c2C)OC(CN2CCN(C)CC2)CO3)n1. The number of halogens is 2. The Morgan fingerprint density at radius 2 is 1.64 bits per heavy atom. The van der Waals surface area contributed by atoms with E-state index in [0.29, 0.717) is 118 Å². The van der Waals surface area contributed by atoms with Crippen LogP contribution in [-0.2, 0) is 32.0 Å². The summed E-state index contributed by atoms with van der Waals surface area (Å²) in [4.78, 5) is 37.8. The highest BCUT2D eigenvalue weighted by Crippen LogP contribution is 2.50. The van der Waals surface area contributed by atoms with E-state index in [2.05, 4.69) is 31.8 Å². The van der Waals surface area contributed by atoms with E-state index < -0.39 is 18.2 Å². The second kappa shape index (κ2) is 24.5. The third-order valence-electron chi connectivity index (χ3n) is 12.4. The summed E-state index contributed by atoms with van der Waals surface area (Å²) in [5, 5.41) is 11.8. The molecule has 6 heterocycles. The van der Waals surface area contributed by atoms with Crippen molar-refractivity contribution in [2.24, 2.45) is 0 Å². The van der Waals surface area contributed by atoms with Gasteiger partial charge in [0.25, 0.3) is 0 Å². The molecule has 4 bridgehead atoms. The van der Waals surface area contributed by atoms with Gasteiger partial charge in [0, 0.05) is 68.5 Å². The molecule has 7 aromatic rings. The lowest BCUT2D eigenvalue weighted by atomic mass is 9.96. The van der Waals surface area contributed by atoms with Gasteiger partial charge in [-0.15, -0.1) is 11.3 Å². The average Bonchev–Trinajstić information content (AvgIpc) is 3.79. The fraction of sp³-hybridized carbons (Fsp3) is 0.352. The third kappa shape index (κ3) is 12.8. The van der Waals surface area contributed by atoms with Crippen molar-refractivity contribution in [3.63, 3.8) is 0 Å². The number of nitrogens with zero attached hydrogens (tertiary/aromatic N) is 6. The molecule has 16 nitrogen and oxygen atoms in total. The van der Waals surface area contributed by atoms with Gasteiger partial charge in [0.05, 0.1) is 54.7 Å². The van der Waals surface area contributed by atoms with Gasteiger partial charge in [-0.25, -0.2) is 29.1 Å². The molecule has 3 aliphatic rings. The Bertz CT molecular complexity index is 3000. The number of hydrogen-bond acceptors (Lipinski definition) is 16. The molecule has 2 unspecified atom stereocenters. The molecule has 19 heteroatoms. The maximum Gasteiger partial charge on any atom is 0.345 e. The van der Waals surface area contributed by atoms with E-state index in [4.69, 9.17) is 54.5 Å². The van der Waals surface area contributed by atoms with Gasteiger partial charge < -0.3 is 47.9 Å². The van der Waals surface area contributed by atoms with Gasteiger partial charge in [-0.05, 0) is 85.3 Å². The third-order valence-corrected chi connectivity index (χ3v) is 14.1. The number of rotatable bonds is 18. The largest absolute Gasteiger partial charge is 0.490 e. The van der Waals surface area contributed by atoms with Crippen molar-refractivity contribution in [2.45, 2.75) is 32.2 Å². The number of ether oxygens (including phenoxy) is 8. The molecule has 2 atom stereocenters. The van der Waals surface area contributed by atoms with Crippen molar-refractivity contribution in [1.82, 2.24) is 29.7 Å². The van der Waals surface area contributed by atoms with Crippen LogP contribution >= 0.6 is 22.9 Å².